The summed E-state index contributed by atoms with van der Waals surface area (Å²) in [4.78, 5) is 4.79. The summed E-state index contributed by atoms with van der Waals surface area (Å²) in [5.41, 5.74) is 2.34. The minimum absolute atomic E-state index is 0.538. The Kier molecular flexibility index (Phi) is 4.02. The molecule has 0 amide bonds. The molecule has 16 heavy (non-hydrogen) atoms. The number of aliphatic hydroxyl groups is 1. The first-order valence-corrected chi connectivity index (χ1v) is 7.16. The molecule has 2 nitrogen and oxygen atoms in total. The highest BCUT2D eigenvalue weighted by Crippen LogP contribution is 2.35. The summed E-state index contributed by atoms with van der Waals surface area (Å²) in [6, 6.07) is 5.39. The van der Waals surface area contributed by atoms with E-state index in [1.54, 1.807) is 17.6 Å². The summed E-state index contributed by atoms with van der Waals surface area (Å²) in [5.74, 6) is 0. The Morgan fingerprint density at radius 2 is 2.12 bits per heavy atom. The zero-order valence-corrected chi connectivity index (χ0v) is 12.6. The van der Waals surface area contributed by atoms with Crippen LogP contribution in [0.1, 0.15) is 16.5 Å². The molecular weight excluding hydrogens is 377 g/mol. The summed E-state index contributed by atoms with van der Waals surface area (Å²) in [6.07, 6.45) is -0.758. The average molecular weight is 383 g/mol. The Bertz CT molecular complexity index is 517. The molecule has 0 saturated heterocycles. The van der Waals surface area contributed by atoms with E-state index in [4.69, 9.17) is 11.6 Å². The molecule has 0 fully saturated rings. The molecule has 1 atom stereocenters. The molecule has 2 aromatic rings. The van der Waals surface area contributed by atoms with Gasteiger partial charge in [-0.25, -0.2) is 4.98 Å². The van der Waals surface area contributed by atoms with E-state index in [1.165, 1.54) is 11.3 Å². The average Bonchev–Trinajstić information content (AvgIpc) is 2.67. The van der Waals surface area contributed by atoms with Crippen molar-refractivity contribution in [2.75, 3.05) is 0 Å². The molecule has 0 saturated carbocycles. The molecule has 1 aromatic heterocycles. The third-order valence-electron chi connectivity index (χ3n) is 2.05. The first-order valence-electron chi connectivity index (χ1n) is 4.31. The fourth-order valence-electron chi connectivity index (χ4n) is 1.28. The van der Waals surface area contributed by atoms with E-state index in [0.29, 0.717) is 15.2 Å². The van der Waals surface area contributed by atoms with Crippen molar-refractivity contribution >= 4 is 54.8 Å². The molecule has 1 N–H and O–H groups in total. The minimum atomic E-state index is -0.758. The van der Waals surface area contributed by atoms with Crippen molar-refractivity contribution in [3.8, 4) is 0 Å². The zero-order chi connectivity index (χ0) is 11.7. The van der Waals surface area contributed by atoms with Crippen LogP contribution in [0.15, 0.2) is 32.8 Å². The van der Waals surface area contributed by atoms with Crippen LogP contribution in [-0.4, -0.2) is 10.1 Å². The van der Waals surface area contributed by atoms with Gasteiger partial charge in [0.05, 0.1) is 10.4 Å². The van der Waals surface area contributed by atoms with Gasteiger partial charge < -0.3 is 5.11 Å². The summed E-state index contributed by atoms with van der Waals surface area (Å²) < 4.78 is 1.53. The smallest absolute Gasteiger partial charge is 0.123 e. The number of benzene rings is 1. The SMILES string of the molecule is OC(c1cc(Br)ccc1Cl)c1scnc1Br. The summed E-state index contributed by atoms with van der Waals surface area (Å²) in [7, 11) is 0. The van der Waals surface area contributed by atoms with Gasteiger partial charge in [-0.05, 0) is 34.1 Å². The van der Waals surface area contributed by atoms with Gasteiger partial charge in [0.1, 0.15) is 10.7 Å². The van der Waals surface area contributed by atoms with Gasteiger partial charge in [-0.1, -0.05) is 27.5 Å². The van der Waals surface area contributed by atoms with Crippen LogP contribution in [0.5, 0.6) is 0 Å². The molecule has 0 bridgehead atoms. The summed E-state index contributed by atoms with van der Waals surface area (Å²) in [6.45, 7) is 0. The van der Waals surface area contributed by atoms with Crippen molar-refractivity contribution in [3.63, 3.8) is 0 Å². The molecule has 0 radical (unpaired) electrons. The first kappa shape index (κ1) is 12.5. The molecule has 1 unspecified atom stereocenters. The van der Waals surface area contributed by atoms with Crippen molar-refractivity contribution in [2.24, 2.45) is 0 Å². The van der Waals surface area contributed by atoms with Gasteiger partial charge in [0.15, 0.2) is 0 Å². The highest BCUT2D eigenvalue weighted by atomic mass is 79.9. The van der Waals surface area contributed by atoms with E-state index in [-0.39, 0.29) is 0 Å². The number of nitrogens with zero attached hydrogens (tertiary/aromatic N) is 1. The molecular formula is C10H6Br2ClNOS. The van der Waals surface area contributed by atoms with E-state index in [0.717, 1.165) is 9.35 Å². The number of aliphatic hydroxyl groups excluding tert-OH is 1. The minimum Gasteiger partial charge on any atom is -0.383 e. The van der Waals surface area contributed by atoms with Gasteiger partial charge in [0.25, 0.3) is 0 Å². The molecule has 1 aromatic carbocycles. The quantitative estimate of drug-likeness (QED) is 0.834. The maximum Gasteiger partial charge on any atom is 0.123 e. The lowest BCUT2D eigenvalue weighted by atomic mass is 10.1. The van der Waals surface area contributed by atoms with Crippen molar-refractivity contribution in [1.82, 2.24) is 4.98 Å². The maximum absolute atomic E-state index is 10.2. The second kappa shape index (κ2) is 5.14. The first-order chi connectivity index (χ1) is 7.59. The molecule has 0 aliphatic rings. The highest BCUT2D eigenvalue weighted by molar-refractivity contribution is 9.10. The Morgan fingerprint density at radius 1 is 1.38 bits per heavy atom. The third-order valence-corrected chi connectivity index (χ3v) is 4.66. The molecule has 6 heteroatoms. The number of halogens is 3. The lowest BCUT2D eigenvalue weighted by molar-refractivity contribution is 0.223. The van der Waals surface area contributed by atoms with Crippen LogP contribution in [-0.2, 0) is 0 Å². The van der Waals surface area contributed by atoms with Crippen molar-refractivity contribution < 1.29 is 5.11 Å². The van der Waals surface area contributed by atoms with Gasteiger partial charge in [-0.3, -0.25) is 0 Å². The third kappa shape index (κ3) is 2.49. The Labute approximate surface area is 119 Å². The Balaban J connectivity index is 2.45. The summed E-state index contributed by atoms with van der Waals surface area (Å²) in [5, 5.41) is 10.7. The molecule has 2 rings (SSSR count). The Morgan fingerprint density at radius 3 is 2.75 bits per heavy atom. The van der Waals surface area contributed by atoms with Crippen LogP contribution >= 0.6 is 54.8 Å². The predicted octanol–water partition coefficient (Wildman–Crippen LogP) is 4.40. The van der Waals surface area contributed by atoms with Crippen molar-refractivity contribution in [1.29, 1.82) is 0 Å². The van der Waals surface area contributed by atoms with Crippen LogP contribution in [0.2, 0.25) is 5.02 Å². The molecule has 84 valence electrons. The van der Waals surface area contributed by atoms with Crippen molar-refractivity contribution in [2.45, 2.75) is 6.10 Å². The number of hydrogen-bond donors (Lipinski definition) is 1. The molecule has 1 heterocycles. The maximum atomic E-state index is 10.2. The van der Waals surface area contributed by atoms with E-state index < -0.39 is 6.10 Å². The number of aromatic nitrogens is 1. The zero-order valence-electron chi connectivity index (χ0n) is 7.82. The van der Waals surface area contributed by atoms with Crippen LogP contribution in [0, 0.1) is 0 Å². The second-order valence-corrected chi connectivity index (χ2v) is 6.04. The molecule has 0 aliphatic heterocycles. The number of rotatable bonds is 2. The van der Waals surface area contributed by atoms with Gasteiger partial charge >= 0.3 is 0 Å². The number of hydrogen-bond acceptors (Lipinski definition) is 3. The van der Waals surface area contributed by atoms with Crippen molar-refractivity contribution in [3.05, 3.63) is 48.2 Å². The monoisotopic (exact) mass is 381 g/mol. The van der Waals surface area contributed by atoms with E-state index in [2.05, 4.69) is 36.8 Å². The van der Waals surface area contributed by atoms with Gasteiger partial charge in [0, 0.05) is 15.1 Å². The van der Waals surface area contributed by atoms with E-state index in [1.807, 2.05) is 6.07 Å². The predicted molar refractivity (Wildman–Crippen MR) is 73.0 cm³/mol. The number of thiazole rings is 1. The van der Waals surface area contributed by atoms with Gasteiger partial charge in [-0.15, -0.1) is 11.3 Å². The van der Waals surface area contributed by atoms with Crippen LogP contribution in [0.4, 0.5) is 0 Å². The van der Waals surface area contributed by atoms with Gasteiger partial charge in [0.2, 0.25) is 0 Å². The largest absolute Gasteiger partial charge is 0.383 e. The topological polar surface area (TPSA) is 33.1 Å². The van der Waals surface area contributed by atoms with Gasteiger partial charge in [-0.2, -0.15) is 0 Å². The van der Waals surface area contributed by atoms with E-state index in [9.17, 15) is 5.11 Å². The highest BCUT2D eigenvalue weighted by Gasteiger charge is 2.18. The fraction of sp³-hybridized carbons (Fsp3) is 0.100. The molecule has 0 aliphatic carbocycles. The lowest BCUT2D eigenvalue weighted by Gasteiger charge is -2.11. The van der Waals surface area contributed by atoms with Crippen LogP contribution < -0.4 is 0 Å². The molecule has 0 spiro atoms. The summed E-state index contributed by atoms with van der Waals surface area (Å²) >= 11 is 14.1. The lowest BCUT2D eigenvalue weighted by Crippen LogP contribution is -1.99. The fourth-order valence-corrected chi connectivity index (χ4v) is 3.30. The van der Waals surface area contributed by atoms with Crippen LogP contribution in [0.25, 0.3) is 0 Å². The Hall–Kier alpha value is 0.0600. The standard InChI is InChI=1S/C10H6Br2ClNOS/c11-5-1-2-7(13)6(3-5)8(15)9-10(12)14-4-16-9/h1-4,8,15H. The second-order valence-electron chi connectivity index (χ2n) is 3.08. The normalized spacial score (nSPS) is 12.8. The van der Waals surface area contributed by atoms with E-state index >= 15 is 0 Å². The van der Waals surface area contributed by atoms with Crippen LogP contribution in [0.3, 0.4) is 0 Å².